The minimum Gasteiger partial charge on any atom is -0.325 e. The van der Waals surface area contributed by atoms with Gasteiger partial charge in [-0.1, -0.05) is 53.7 Å². The van der Waals surface area contributed by atoms with Crippen LogP contribution in [0.5, 0.6) is 0 Å². The van der Waals surface area contributed by atoms with Crippen molar-refractivity contribution in [2.75, 3.05) is 11.1 Å². The molecule has 4 aromatic rings. The molecule has 4 rings (SSSR count). The van der Waals surface area contributed by atoms with E-state index in [4.69, 9.17) is 11.6 Å². The summed E-state index contributed by atoms with van der Waals surface area (Å²) in [6.45, 7) is 3.95. The predicted molar refractivity (Wildman–Crippen MR) is 125 cm³/mol. The van der Waals surface area contributed by atoms with E-state index in [0.717, 1.165) is 28.1 Å². The van der Waals surface area contributed by atoms with Gasteiger partial charge in [0.15, 0.2) is 11.0 Å². The first-order valence-corrected chi connectivity index (χ1v) is 11.0. The third kappa shape index (κ3) is 4.62. The van der Waals surface area contributed by atoms with Gasteiger partial charge in [-0.2, -0.15) is 0 Å². The molecule has 2 aromatic heterocycles. The summed E-state index contributed by atoms with van der Waals surface area (Å²) in [4.78, 5) is 16.8. The average Bonchev–Trinajstić information content (AvgIpc) is 3.19. The number of amides is 1. The average molecular weight is 450 g/mol. The maximum Gasteiger partial charge on any atom is 0.234 e. The number of nitrogens with one attached hydrogen (secondary N) is 1. The first kappa shape index (κ1) is 21.1. The second-order valence-corrected chi connectivity index (χ2v) is 8.29. The molecule has 2 heterocycles. The van der Waals surface area contributed by atoms with E-state index in [1.54, 1.807) is 12.4 Å². The van der Waals surface area contributed by atoms with Gasteiger partial charge in [-0.15, -0.1) is 10.2 Å². The third-order valence-electron chi connectivity index (χ3n) is 4.72. The van der Waals surface area contributed by atoms with Crippen molar-refractivity contribution in [2.45, 2.75) is 19.0 Å². The van der Waals surface area contributed by atoms with E-state index < -0.39 is 0 Å². The molecular weight excluding hydrogens is 430 g/mol. The van der Waals surface area contributed by atoms with E-state index in [1.165, 1.54) is 11.8 Å². The van der Waals surface area contributed by atoms with Gasteiger partial charge in [-0.3, -0.25) is 14.3 Å². The normalized spacial score (nSPS) is 10.8. The van der Waals surface area contributed by atoms with Crippen LogP contribution in [0, 0.1) is 13.8 Å². The number of benzene rings is 2. The molecule has 6 nitrogen and oxygen atoms in total. The summed E-state index contributed by atoms with van der Waals surface area (Å²) in [6.07, 6.45) is 3.42. The van der Waals surface area contributed by atoms with Crippen LogP contribution in [0.1, 0.15) is 11.1 Å². The molecule has 1 N–H and O–H groups in total. The molecule has 0 fully saturated rings. The van der Waals surface area contributed by atoms with Crippen molar-refractivity contribution in [2.24, 2.45) is 0 Å². The Labute approximate surface area is 189 Å². The monoisotopic (exact) mass is 449 g/mol. The summed E-state index contributed by atoms with van der Waals surface area (Å²) >= 11 is 7.77. The molecule has 0 bridgehead atoms. The fourth-order valence-electron chi connectivity index (χ4n) is 3.21. The van der Waals surface area contributed by atoms with Crippen molar-refractivity contribution in [1.29, 1.82) is 0 Å². The number of nitrogens with zero attached hydrogens (tertiary/aromatic N) is 4. The smallest absolute Gasteiger partial charge is 0.234 e. The van der Waals surface area contributed by atoms with Crippen LogP contribution in [-0.2, 0) is 4.79 Å². The summed E-state index contributed by atoms with van der Waals surface area (Å²) < 4.78 is 1.86. The molecule has 1 amide bonds. The minimum atomic E-state index is -0.112. The van der Waals surface area contributed by atoms with E-state index in [1.807, 2.05) is 73.0 Å². The molecule has 0 saturated carbocycles. The Kier molecular flexibility index (Phi) is 6.34. The molecule has 0 saturated heterocycles. The van der Waals surface area contributed by atoms with Crippen LogP contribution < -0.4 is 5.32 Å². The fourth-order valence-corrected chi connectivity index (χ4v) is 4.18. The van der Waals surface area contributed by atoms with Crippen LogP contribution in [0.4, 0.5) is 5.69 Å². The Morgan fingerprint density at radius 2 is 1.81 bits per heavy atom. The van der Waals surface area contributed by atoms with Crippen LogP contribution in [0.15, 0.2) is 72.1 Å². The molecule has 0 spiro atoms. The summed E-state index contributed by atoms with van der Waals surface area (Å²) in [5, 5.41) is 12.8. The van der Waals surface area contributed by atoms with Crippen molar-refractivity contribution in [1.82, 2.24) is 19.7 Å². The molecule has 31 heavy (non-hydrogen) atoms. The second kappa shape index (κ2) is 9.32. The van der Waals surface area contributed by atoms with Gasteiger partial charge in [0, 0.05) is 23.6 Å². The number of carbonyl (C=O) groups excluding carboxylic acids is 1. The lowest BCUT2D eigenvalue weighted by atomic mass is 10.1. The number of halogens is 1. The van der Waals surface area contributed by atoms with Crippen LogP contribution in [-0.4, -0.2) is 31.4 Å². The summed E-state index contributed by atoms with van der Waals surface area (Å²) in [5.41, 5.74) is 4.44. The number of aryl methyl sites for hydroxylation is 2. The number of hydrogen-bond acceptors (Lipinski definition) is 5. The highest BCUT2D eigenvalue weighted by molar-refractivity contribution is 7.99. The predicted octanol–water partition coefficient (Wildman–Crippen LogP) is 5.33. The molecule has 0 aliphatic carbocycles. The lowest BCUT2D eigenvalue weighted by molar-refractivity contribution is -0.113. The maximum absolute atomic E-state index is 12.7. The second-order valence-electron chi connectivity index (χ2n) is 6.94. The zero-order chi connectivity index (χ0) is 21.8. The number of pyridine rings is 1. The highest BCUT2D eigenvalue weighted by atomic mass is 35.5. The van der Waals surface area contributed by atoms with Gasteiger partial charge >= 0.3 is 0 Å². The van der Waals surface area contributed by atoms with Crippen LogP contribution in [0.25, 0.3) is 17.1 Å². The molecular formula is C23H20ClN5OS. The lowest BCUT2D eigenvalue weighted by Crippen LogP contribution is -2.16. The SMILES string of the molecule is Cc1cccc(C)c1NC(=O)CSc1nnc(-c2cccnc2)n1-c1ccccc1Cl. The van der Waals surface area contributed by atoms with Crippen LogP contribution in [0.3, 0.4) is 0 Å². The van der Waals surface area contributed by atoms with Gasteiger partial charge in [0.05, 0.1) is 16.5 Å². The quantitative estimate of drug-likeness (QED) is 0.403. The molecule has 2 aromatic carbocycles. The Balaban J connectivity index is 1.62. The zero-order valence-electron chi connectivity index (χ0n) is 17.0. The largest absolute Gasteiger partial charge is 0.325 e. The van der Waals surface area contributed by atoms with E-state index in [2.05, 4.69) is 20.5 Å². The van der Waals surface area contributed by atoms with Gasteiger partial charge in [0.2, 0.25) is 5.91 Å². The Bertz CT molecular complexity index is 1210. The van der Waals surface area contributed by atoms with Crippen molar-refractivity contribution in [3.8, 4) is 17.1 Å². The molecule has 0 unspecified atom stereocenters. The summed E-state index contributed by atoms with van der Waals surface area (Å²) in [5.74, 6) is 0.682. The standard InChI is InChI=1S/C23H20ClN5OS/c1-15-7-5-8-16(2)21(15)26-20(30)14-31-23-28-27-22(17-9-6-12-25-13-17)29(23)19-11-4-3-10-18(19)24/h3-13H,14H2,1-2H3,(H,26,30). The number of rotatable bonds is 6. The minimum absolute atomic E-state index is 0.112. The number of hydrogen-bond donors (Lipinski definition) is 1. The Morgan fingerprint density at radius 1 is 1.03 bits per heavy atom. The summed E-state index contributed by atoms with van der Waals surface area (Å²) in [7, 11) is 0. The molecule has 0 atom stereocenters. The van der Waals surface area contributed by atoms with E-state index >= 15 is 0 Å². The zero-order valence-corrected chi connectivity index (χ0v) is 18.6. The van der Waals surface area contributed by atoms with Crippen molar-refractivity contribution < 1.29 is 4.79 Å². The van der Waals surface area contributed by atoms with E-state index in [-0.39, 0.29) is 11.7 Å². The van der Waals surface area contributed by atoms with Gasteiger partial charge in [-0.05, 0) is 49.2 Å². The van der Waals surface area contributed by atoms with E-state index in [0.29, 0.717) is 16.0 Å². The van der Waals surface area contributed by atoms with Crippen molar-refractivity contribution >= 4 is 35.0 Å². The topological polar surface area (TPSA) is 72.7 Å². The van der Waals surface area contributed by atoms with Gasteiger partial charge in [0.25, 0.3) is 0 Å². The first-order valence-electron chi connectivity index (χ1n) is 9.64. The Morgan fingerprint density at radius 3 is 2.52 bits per heavy atom. The molecule has 0 aliphatic heterocycles. The van der Waals surface area contributed by atoms with Crippen LogP contribution >= 0.6 is 23.4 Å². The van der Waals surface area contributed by atoms with Gasteiger partial charge < -0.3 is 5.32 Å². The third-order valence-corrected chi connectivity index (χ3v) is 5.97. The Hall–Kier alpha value is -3.16. The number of thioether (sulfide) groups is 1. The number of carbonyl (C=O) groups is 1. The number of anilines is 1. The fraction of sp³-hybridized carbons (Fsp3) is 0.130. The first-order chi connectivity index (χ1) is 15.0. The molecule has 0 aliphatic rings. The maximum atomic E-state index is 12.7. The number of aromatic nitrogens is 4. The van der Waals surface area contributed by atoms with Crippen molar-refractivity contribution in [3.05, 3.63) is 83.1 Å². The van der Waals surface area contributed by atoms with Crippen LogP contribution in [0.2, 0.25) is 5.02 Å². The van der Waals surface area contributed by atoms with Crippen molar-refractivity contribution in [3.63, 3.8) is 0 Å². The highest BCUT2D eigenvalue weighted by Gasteiger charge is 2.19. The highest BCUT2D eigenvalue weighted by Crippen LogP contribution is 2.31. The number of para-hydroxylation sites is 2. The molecule has 8 heteroatoms. The van der Waals surface area contributed by atoms with Gasteiger partial charge in [-0.25, -0.2) is 0 Å². The lowest BCUT2D eigenvalue weighted by Gasteiger charge is -2.13. The molecule has 156 valence electrons. The van der Waals surface area contributed by atoms with Gasteiger partial charge in [0.1, 0.15) is 0 Å². The molecule has 0 radical (unpaired) electrons. The van der Waals surface area contributed by atoms with E-state index in [9.17, 15) is 4.79 Å². The summed E-state index contributed by atoms with van der Waals surface area (Å²) in [6, 6.07) is 17.1.